The van der Waals surface area contributed by atoms with Crippen molar-refractivity contribution < 1.29 is 14.3 Å². The van der Waals surface area contributed by atoms with E-state index in [1.165, 1.54) is 0 Å². The largest absolute Gasteiger partial charge is 0.368 e. The van der Waals surface area contributed by atoms with Crippen LogP contribution < -0.4 is 5.32 Å². The number of benzene rings is 1. The van der Waals surface area contributed by atoms with Gasteiger partial charge in [0.15, 0.2) is 0 Å². The first-order chi connectivity index (χ1) is 12.2. The summed E-state index contributed by atoms with van der Waals surface area (Å²) in [5.41, 5.74) is -0.00173. The van der Waals surface area contributed by atoms with Crippen LogP contribution in [0.1, 0.15) is 29.6 Å². The lowest BCUT2D eigenvalue weighted by molar-refractivity contribution is -0.158. The highest BCUT2D eigenvalue weighted by Gasteiger charge is 2.42. The number of hydrogen-bond acceptors (Lipinski definition) is 4. The number of carbonyl (C=O) groups excluding carboxylic acids is 2. The minimum atomic E-state index is -0.705. The normalized spacial score (nSPS) is 20.8. The average Bonchev–Trinajstić information content (AvgIpc) is 2.94. The molecule has 1 aromatic rings. The number of nitrogens with one attached hydrogen (secondary N) is 1. The Balaban J connectivity index is 1.65. The Hall–Kier alpha value is -1.92. The summed E-state index contributed by atoms with van der Waals surface area (Å²) < 4.78 is 5.67. The number of piperidine rings is 1. The van der Waals surface area contributed by atoms with Gasteiger partial charge in [0.05, 0.1) is 0 Å². The Morgan fingerprint density at radius 1 is 1.00 bits per heavy atom. The van der Waals surface area contributed by atoms with E-state index < -0.39 is 5.60 Å². The summed E-state index contributed by atoms with van der Waals surface area (Å²) in [6.45, 7) is 4.08. The number of nitrogens with zero attached hydrogens (tertiary/aromatic N) is 2. The molecule has 6 heteroatoms. The third-order valence-corrected chi connectivity index (χ3v) is 5.28. The van der Waals surface area contributed by atoms with Gasteiger partial charge in [0.25, 0.3) is 11.8 Å². The topological polar surface area (TPSA) is 61.9 Å². The van der Waals surface area contributed by atoms with Crippen molar-refractivity contribution in [3.05, 3.63) is 35.9 Å². The van der Waals surface area contributed by atoms with Crippen molar-refractivity contribution in [1.82, 2.24) is 15.1 Å². The molecule has 0 saturated carbocycles. The molecule has 3 rings (SSSR count). The van der Waals surface area contributed by atoms with Gasteiger partial charge in [-0.15, -0.1) is 0 Å². The third kappa shape index (κ3) is 3.85. The van der Waals surface area contributed by atoms with Crippen LogP contribution in [-0.4, -0.2) is 73.6 Å². The van der Waals surface area contributed by atoms with Gasteiger partial charge < -0.3 is 19.9 Å². The Bertz CT molecular complexity index is 599. The summed E-state index contributed by atoms with van der Waals surface area (Å²) in [6.07, 6.45) is 2.19. The van der Waals surface area contributed by atoms with Gasteiger partial charge in [0.2, 0.25) is 0 Å². The zero-order chi connectivity index (χ0) is 17.7. The first-order valence-electron chi connectivity index (χ1n) is 9.06. The van der Waals surface area contributed by atoms with Crippen molar-refractivity contribution in [2.24, 2.45) is 0 Å². The number of methoxy groups -OCH3 is 1. The summed E-state index contributed by atoms with van der Waals surface area (Å²) >= 11 is 0. The predicted molar refractivity (Wildman–Crippen MR) is 95.4 cm³/mol. The van der Waals surface area contributed by atoms with E-state index in [4.69, 9.17) is 4.74 Å². The van der Waals surface area contributed by atoms with Gasteiger partial charge in [-0.2, -0.15) is 0 Å². The van der Waals surface area contributed by atoms with Gasteiger partial charge >= 0.3 is 0 Å². The zero-order valence-corrected chi connectivity index (χ0v) is 14.9. The van der Waals surface area contributed by atoms with Crippen LogP contribution in [0.5, 0.6) is 0 Å². The lowest BCUT2D eigenvalue weighted by atomic mass is 9.90. The summed E-state index contributed by atoms with van der Waals surface area (Å²) in [5, 5.41) is 3.28. The third-order valence-electron chi connectivity index (χ3n) is 5.28. The fraction of sp³-hybridized carbons (Fsp3) is 0.579. The lowest BCUT2D eigenvalue weighted by Crippen LogP contribution is -2.56. The molecule has 2 aliphatic heterocycles. The van der Waals surface area contributed by atoms with E-state index in [0.29, 0.717) is 44.6 Å². The Kier molecular flexibility index (Phi) is 5.71. The van der Waals surface area contributed by atoms with Crippen LogP contribution in [-0.2, 0) is 9.53 Å². The molecule has 0 atom stereocenters. The van der Waals surface area contributed by atoms with Crippen molar-refractivity contribution in [2.75, 3.05) is 46.4 Å². The molecule has 136 valence electrons. The fourth-order valence-corrected chi connectivity index (χ4v) is 3.71. The maximum atomic E-state index is 13.1. The van der Waals surface area contributed by atoms with Crippen LogP contribution in [0.4, 0.5) is 0 Å². The number of carbonyl (C=O) groups is 2. The minimum Gasteiger partial charge on any atom is -0.368 e. The van der Waals surface area contributed by atoms with E-state index in [1.807, 2.05) is 40.1 Å². The van der Waals surface area contributed by atoms with Crippen molar-refractivity contribution >= 4 is 11.8 Å². The first kappa shape index (κ1) is 17.9. The molecule has 2 aliphatic rings. The summed E-state index contributed by atoms with van der Waals surface area (Å²) in [7, 11) is 1.63. The molecule has 2 heterocycles. The van der Waals surface area contributed by atoms with Gasteiger partial charge in [0, 0.05) is 38.9 Å². The molecular weight excluding hydrogens is 318 g/mol. The molecule has 2 amide bonds. The number of hydrogen-bond donors (Lipinski definition) is 1. The first-order valence-corrected chi connectivity index (χ1v) is 9.06. The second kappa shape index (κ2) is 7.97. The van der Waals surface area contributed by atoms with Gasteiger partial charge in [-0.25, -0.2) is 0 Å². The SMILES string of the molecule is COC1(C(=O)N2CCCN(C(=O)c3ccccc3)CC2)CCNCC1. The smallest absolute Gasteiger partial charge is 0.254 e. The highest BCUT2D eigenvalue weighted by atomic mass is 16.5. The van der Waals surface area contributed by atoms with E-state index in [0.717, 1.165) is 19.5 Å². The summed E-state index contributed by atoms with van der Waals surface area (Å²) in [5.74, 6) is 0.115. The van der Waals surface area contributed by atoms with Crippen LogP contribution in [0.25, 0.3) is 0 Å². The second-order valence-corrected chi connectivity index (χ2v) is 6.75. The van der Waals surface area contributed by atoms with Gasteiger partial charge in [-0.3, -0.25) is 9.59 Å². The molecule has 1 N–H and O–H groups in total. The monoisotopic (exact) mass is 345 g/mol. The molecule has 0 bridgehead atoms. The van der Waals surface area contributed by atoms with E-state index in [2.05, 4.69) is 5.32 Å². The lowest BCUT2D eigenvalue weighted by Gasteiger charge is -2.38. The molecule has 6 nitrogen and oxygen atoms in total. The van der Waals surface area contributed by atoms with Crippen LogP contribution in [0, 0.1) is 0 Å². The maximum absolute atomic E-state index is 13.1. The molecule has 0 unspecified atom stereocenters. The van der Waals surface area contributed by atoms with Crippen molar-refractivity contribution in [3.63, 3.8) is 0 Å². The second-order valence-electron chi connectivity index (χ2n) is 6.75. The number of ether oxygens (including phenoxy) is 1. The fourth-order valence-electron chi connectivity index (χ4n) is 3.71. The van der Waals surface area contributed by atoms with Crippen molar-refractivity contribution in [2.45, 2.75) is 24.9 Å². The molecular formula is C19H27N3O3. The Morgan fingerprint density at radius 2 is 1.64 bits per heavy atom. The molecule has 0 aromatic heterocycles. The summed E-state index contributed by atoms with van der Waals surface area (Å²) in [4.78, 5) is 29.4. The summed E-state index contributed by atoms with van der Waals surface area (Å²) in [6, 6.07) is 9.33. The molecule has 2 saturated heterocycles. The molecule has 0 radical (unpaired) electrons. The standard InChI is InChI=1S/C19H27N3O3/c1-25-19(8-10-20-11-9-19)18(24)22-13-5-12-21(14-15-22)17(23)16-6-3-2-4-7-16/h2-4,6-7,20H,5,8-15H2,1H3. The number of rotatable bonds is 3. The van der Waals surface area contributed by atoms with Gasteiger partial charge in [-0.1, -0.05) is 18.2 Å². The van der Waals surface area contributed by atoms with Crippen molar-refractivity contribution in [3.8, 4) is 0 Å². The van der Waals surface area contributed by atoms with E-state index in [9.17, 15) is 9.59 Å². The van der Waals surface area contributed by atoms with Crippen molar-refractivity contribution in [1.29, 1.82) is 0 Å². The molecule has 25 heavy (non-hydrogen) atoms. The average molecular weight is 345 g/mol. The maximum Gasteiger partial charge on any atom is 0.254 e. The van der Waals surface area contributed by atoms with E-state index >= 15 is 0 Å². The highest BCUT2D eigenvalue weighted by Crippen LogP contribution is 2.26. The van der Waals surface area contributed by atoms with E-state index in [1.54, 1.807) is 7.11 Å². The highest BCUT2D eigenvalue weighted by molar-refractivity contribution is 5.94. The van der Waals surface area contributed by atoms with Gasteiger partial charge in [0.1, 0.15) is 5.60 Å². The quantitative estimate of drug-likeness (QED) is 0.892. The Labute approximate surface area is 149 Å². The van der Waals surface area contributed by atoms with Crippen LogP contribution in [0.2, 0.25) is 0 Å². The predicted octanol–water partition coefficient (Wildman–Crippen LogP) is 1.13. The van der Waals surface area contributed by atoms with Crippen LogP contribution >= 0.6 is 0 Å². The minimum absolute atomic E-state index is 0.0400. The molecule has 0 aliphatic carbocycles. The molecule has 1 aromatic carbocycles. The Morgan fingerprint density at radius 3 is 2.32 bits per heavy atom. The van der Waals surface area contributed by atoms with Gasteiger partial charge in [-0.05, 0) is 44.5 Å². The number of amides is 2. The molecule has 2 fully saturated rings. The van der Waals surface area contributed by atoms with Crippen LogP contribution in [0.15, 0.2) is 30.3 Å². The molecule has 0 spiro atoms. The van der Waals surface area contributed by atoms with E-state index in [-0.39, 0.29) is 11.8 Å². The van der Waals surface area contributed by atoms with Crippen LogP contribution in [0.3, 0.4) is 0 Å². The zero-order valence-electron chi connectivity index (χ0n) is 14.9.